The molecule has 2 N–H and O–H groups in total. The van der Waals surface area contributed by atoms with Crippen LogP contribution >= 0.6 is 9.24 Å². The Morgan fingerprint density at radius 1 is 1.17 bits per heavy atom. The molecule has 222 valence electrons. The second-order valence-electron chi connectivity index (χ2n) is 10.8. The molecule has 0 saturated carbocycles. The number of carbonyl (C=O) groups is 2. The molecule has 2 aliphatic heterocycles. The van der Waals surface area contributed by atoms with Crippen molar-refractivity contribution >= 4 is 37.8 Å². The highest BCUT2D eigenvalue weighted by Crippen LogP contribution is 2.45. The van der Waals surface area contributed by atoms with E-state index in [0.29, 0.717) is 18.8 Å². The second kappa shape index (κ2) is 11.9. The average Bonchev–Trinajstić information content (AvgIpc) is 3.54. The van der Waals surface area contributed by atoms with Gasteiger partial charge in [0, 0.05) is 38.3 Å². The van der Waals surface area contributed by atoms with Crippen molar-refractivity contribution in [3.63, 3.8) is 0 Å². The minimum Gasteiger partial charge on any atom is -0.455 e. The van der Waals surface area contributed by atoms with Crippen molar-refractivity contribution in [1.82, 2.24) is 15.5 Å². The molecule has 4 unspecified atom stereocenters. The molecule has 0 bridgehead atoms. The van der Waals surface area contributed by atoms with E-state index in [0.717, 1.165) is 29.5 Å². The van der Waals surface area contributed by atoms with Gasteiger partial charge >= 0.3 is 0 Å². The average molecular weight is 598 g/mol. The van der Waals surface area contributed by atoms with Crippen LogP contribution in [0.2, 0.25) is 0 Å². The number of amides is 2. The molecule has 0 aliphatic carbocycles. The van der Waals surface area contributed by atoms with E-state index < -0.39 is 34.9 Å². The Labute approximate surface area is 245 Å². The minimum atomic E-state index is -1.50. The van der Waals surface area contributed by atoms with Crippen LogP contribution in [0, 0.1) is 18.6 Å². The lowest BCUT2D eigenvalue weighted by atomic mass is 9.78. The van der Waals surface area contributed by atoms with Gasteiger partial charge in [0.15, 0.2) is 11.3 Å². The van der Waals surface area contributed by atoms with Gasteiger partial charge in [-0.25, -0.2) is 13.8 Å². The third-order valence-electron chi connectivity index (χ3n) is 7.76. The first-order valence-electron chi connectivity index (χ1n) is 13.6. The molecule has 5 rings (SSSR count). The topological polar surface area (TPSA) is 99.4 Å². The van der Waals surface area contributed by atoms with Gasteiger partial charge < -0.3 is 24.7 Å². The van der Waals surface area contributed by atoms with Crippen molar-refractivity contribution in [2.45, 2.75) is 31.4 Å². The lowest BCUT2D eigenvalue weighted by Crippen LogP contribution is -2.59. The number of carbonyl (C=O) groups excluding carboxylic acids is 2. The highest BCUT2D eigenvalue weighted by atomic mass is 31.0. The first kappa shape index (κ1) is 29.8. The molecule has 3 heterocycles. The van der Waals surface area contributed by atoms with Gasteiger partial charge in [0.25, 0.3) is 5.91 Å². The molecule has 1 saturated heterocycles. The summed E-state index contributed by atoms with van der Waals surface area (Å²) in [5, 5.41) is 12.7. The van der Waals surface area contributed by atoms with Gasteiger partial charge in [0.2, 0.25) is 5.91 Å². The normalized spacial score (nSPS) is 22.6. The molecule has 2 aliphatic rings. The molecule has 1 aromatic heterocycles. The third-order valence-corrected chi connectivity index (χ3v) is 8.22. The number of anilines is 1. The Kier molecular flexibility index (Phi) is 8.46. The number of morpholine rings is 1. The molecule has 1 fully saturated rings. The van der Waals surface area contributed by atoms with Crippen LogP contribution in [0.1, 0.15) is 40.3 Å². The zero-order chi connectivity index (χ0) is 30.2. The molecule has 0 radical (unpaired) electrons. The van der Waals surface area contributed by atoms with Crippen LogP contribution in [0.15, 0.2) is 58.0 Å². The maximum atomic E-state index is 15.4. The summed E-state index contributed by atoms with van der Waals surface area (Å²) in [4.78, 5) is 28.9. The van der Waals surface area contributed by atoms with Crippen LogP contribution in [-0.2, 0) is 9.53 Å². The van der Waals surface area contributed by atoms with E-state index in [2.05, 4.69) is 24.8 Å². The quantitative estimate of drug-likeness (QED) is 0.407. The highest BCUT2D eigenvalue weighted by Gasteiger charge is 2.57. The van der Waals surface area contributed by atoms with Crippen molar-refractivity contribution in [3.05, 3.63) is 82.8 Å². The number of nitrogens with one attached hydrogen (secondary N) is 2. The van der Waals surface area contributed by atoms with Crippen molar-refractivity contribution < 1.29 is 27.5 Å². The summed E-state index contributed by atoms with van der Waals surface area (Å²) in [5.41, 5.74) is 0.253. The molecular weight excluding hydrogens is 563 g/mol. The zero-order valence-corrected chi connectivity index (χ0v) is 25.1. The van der Waals surface area contributed by atoms with E-state index in [1.54, 1.807) is 18.0 Å². The molecule has 4 atom stereocenters. The SMILES string of the molecule is CNC(=O)c1ccc(C2C(c3ccc(F)cc3F)=NN(c3ccc(C)cc3P)C2(C)C(=O)NCC2CN(C)CCO2)o1. The van der Waals surface area contributed by atoms with Crippen LogP contribution < -0.4 is 20.9 Å². The van der Waals surface area contributed by atoms with E-state index in [9.17, 15) is 14.0 Å². The molecule has 9 nitrogen and oxygen atoms in total. The first-order valence-corrected chi connectivity index (χ1v) is 14.2. The van der Waals surface area contributed by atoms with Gasteiger partial charge in [-0.3, -0.25) is 9.59 Å². The van der Waals surface area contributed by atoms with E-state index in [1.165, 1.54) is 19.2 Å². The van der Waals surface area contributed by atoms with E-state index >= 15 is 4.39 Å². The Balaban J connectivity index is 1.66. The lowest BCUT2D eigenvalue weighted by molar-refractivity contribution is -0.127. The van der Waals surface area contributed by atoms with Crippen LogP contribution in [0.25, 0.3) is 0 Å². The molecule has 12 heteroatoms. The fraction of sp³-hybridized carbons (Fsp3) is 0.367. The zero-order valence-electron chi connectivity index (χ0n) is 23.9. The highest BCUT2D eigenvalue weighted by molar-refractivity contribution is 7.28. The molecule has 0 spiro atoms. The predicted octanol–water partition coefficient (Wildman–Crippen LogP) is 2.94. The molecular formula is C30H34F2N5O4P. The summed E-state index contributed by atoms with van der Waals surface area (Å²) in [6.45, 7) is 5.88. The summed E-state index contributed by atoms with van der Waals surface area (Å²) < 4.78 is 41.2. The number of likely N-dealkylation sites (N-methyl/N-ethyl adjacent to an activating group) is 1. The number of rotatable bonds is 7. The molecule has 42 heavy (non-hydrogen) atoms. The van der Waals surface area contributed by atoms with E-state index in [-0.39, 0.29) is 35.4 Å². The number of ether oxygens (including phenoxy) is 1. The number of aryl methyl sites for hydroxylation is 1. The summed E-state index contributed by atoms with van der Waals surface area (Å²) in [7, 11) is 6.13. The summed E-state index contributed by atoms with van der Waals surface area (Å²) >= 11 is 0. The summed E-state index contributed by atoms with van der Waals surface area (Å²) in [6.07, 6.45) is -0.223. The molecule has 3 aromatic rings. The van der Waals surface area contributed by atoms with Gasteiger partial charge in [0.1, 0.15) is 17.4 Å². The number of hydrazone groups is 1. The minimum absolute atomic E-state index is 0.00970. The fourth-order valence-electron chi connectivity index (χ4n) is 5.50. The number of hydrogen-bond acceptors (Lipinski definition) is 7. The predicted molar refractivity (Wildman–Crippen MR) is 159 cm³/mol. The Bertz CT molecular complexity index is 1550. The largest absolute Gasteiger partial charge is 0.455 e. The maximum absolute atomic E-state index is 15.4. The van der Waals surface area contributed by atoms with E-state index in [1.807, 2.05) is 32.2 Å². The standard InChI is InChI=1S/C30H34F2N5O4P/c1-17-5-8-22(25(42)13-17)37-30(2,29(39)34-15-19-16-36(4)11-12-40-19)26(23-9-10-24(41-23)28(38)33-3)27(35-37)20-7-6-18(31)14-21(20)32/h5-10,13-14,19,26H,11-12,15-16,42H2,1-4H3,(H,33,38)(H,34,39). The number of furan rings is 1. The molecule has 2 aromatic carbocycles. The van der Waals surface area contributed by atoms with Crippen LogP contribution in [0.5, 0.6) is 0 Å². The van der Waals surface area contributed by atoms with Crippen molar-refractivity contribution in [1.29, 1.82) is 0 Å². The van der Waals surface area contributed by atoms with Gasteiger partial charge in [0.05, 0.1) is 30.0 Å². The first-order chi connectivity index (χ1) is 20.0. The number of hydrogen-bond donors (Lipinski definition) is 2. The molecule has 2 amide bonds. The van der Waals surface area contributed by atoms with Crippen molar-refractivity contribution in [3.8, 4) is 0 Å². The Morgan fingerprint density at radius 3 is 2.64 bits per heavy atom. The monoisotopic (exact) mass is 597 g/mol. The smallest absolute Gasteiger partial charge is 0.286 e. The number of benzene rings is 2. The van der Waals surface area contributed by atoms with E-state index in [4.69, 9.17) is 14.3 Å². The van der Waals surface area contributed by atoms with Gasteiger partial charge in [-0.05, 0) is 62.6 Å². The van der Waals surface area contributed by atoms with Crippen LogP contribution in [0.4, 0.5) is 14.5 Å². The Morgan fingerprint density at radius 2 is 1.95 bits per heavy atom. The summed E-state index contributed by atoms with van der Waals surface area (Å²) in [6, 6.07) is 11.9. The number of nitrogens with zero attached hydrogens (tertiary/aromatic N) is 3. The van der Waals surface area contributed by atoms with Gasteiger partial charge in [-0.1, -0.05) is 11.6 Å². The Hall–Kier alpha value is -3.66. The van der Waals surface area contributed by atoms with Gasteiger partial charge in [-0.2, -0.15) is 5.10 Å². The third kappa shape index (κ3) is 5.56. The van der Waals surface area contributed by atoms with Crippen LogP contribution in [0.3, 0.4) is 0 Å². The maximum Gasteiger partial charge on any atom is 0.286 e. The second-order valence-corrected chi connectivity index (χ2v) is 11.4. The van der Waals surface area contributed by atoms with Crippen LogP contribution in [-0.4, -0.2) is 74.4 Å². The van der Waals surface area contributed by atoms with Crippen molar-refractivity contribution in [2.24, 2.45) is 5.10 Å². The summed E-state index contributed by atoms with van der Waals surface area (Å²) in [5.74, 6) is -3.19. The lowest BCUT2D eigenvalue weighted by Gasteiger charge is -2.38. The number of halogens is 2. The fourth-order valence-corrected chi connectivity index (χ4v) is 5.98. The van der Waals surface area contributed by atoms with Gasteiger partial charge in [-0.15, -0.1) is 9.24 Å². The van der Waals surface area contributed by atoms with Crippen molar-refractivity contribution in [2.75, 3.05) is 45.3 Å².